The number of carbonyl (C=O) groups excluding carboxylic acids is 3. The standard InChI is InChI=1S/C24H22N6O5/c31-21(9-4-10-29-23(32)16-5-3-8-19(30(34)35)22(16)24(29)33)28-13-11-27(12-14-28)20-15-25-17-6-1-2-7-18(17)26-20/h1-3,5-8,15H,4,9-14H2. The molecule has 0 radical (unpaired) electrons. The Kier molecular flexibility index (Phi) is 5.81. The molecule has 1 aromatic heterocycles. The number of hydrogen-bond donors (Lipinski definition) is 0. The molecule has 0 atom stereocenters. The third kappa shape index (κ3) is 4.16. The molecule has 11 nitrogen and oxygen atoms in total. The van der Waals surface area contributed by atoms with Crippen LogP contribution in [0, 0.1) is 10.1 Å². The van der Waals surface area contributed by atoms with E-state index in [9.17, 15) is 24.5 Å². The summed E-state index contributed by atoms with van der Waals surface area (Å²) in [6, 6.07) is 11.7. The van der Waals surface area contributed by atoms with Gasteiger partial charge in [0.25, 0.3) is 17.5 Å². The number of amides is 3. The van der Waals surface area contributed by atoms with Gasteiger partial charge in [-0.2, -0.15) is 0 Å². The molecule has 0 bridgehead atoms. The van der Waals surface area contributed by atoms with Crippen LogP contribution in [0.3, 0.4) is 0 Å². The second kappa shape index (κ2) is 9.09. The maximum absolute atomic E-state index is 12.7. The highest BCUT2D eigenvalue weighted by atomic mass is 16.6. The molecule has 5 rings (SSSR count). The topological polar surface area (TPSA) is 130 Å². The van der Waals surface area contributed by atoms with Gasteiger partial charge in [-0.25, -0.2) is 4.98 Å². The quantitative estimate of drug-likeness (QED) is 0.302. The number of benzene rings is 2. The first-order chi connectivity index (χ1) is 16.9. The molecule has 178 valence electrons. The minimum absolute atomic E-state index is 0.0296. The Morgan fingerprint density at radius 2 is 1.71 bits per heavy atom. The second-order valence-corrected chi connectivity index (χ2v) is 8.41. The first-order valence-corrected chi connectivity index (χ1v) is 11.3. The zero-order valence-electron chi connectivity index (χ0n) is 18.8. The second-order valence-electron chi connectivity index (χ2n) is 8.41. The van der Waals surface area contributed by atoms with Crippen LogP contribution in [0.4, 0.5) is 11.5 Å². The number of nitrogens with zero attached hydrogens (tertiary/aromatic N) is 6. The number of carbonyl (C=O) groups is 3. The van der Waals surface area contributed by atoms with Crippen molar-refractivity contribution >= 4 is 40.3 Å². The lowest BCUT2D eigenvalue weighted by Gasteiger charge is -2.35. The van der Waals surface area contributed by atoms with E-state index in [2.05, 4.69) is 14.9 Å². The molecule has 2 aliphatic heterocycles. The van der Waals surface area contributed by atoms with Crippen molar-refractivity contribution in [2.45, 2.75) is 12.8 Å². The van der Waals surface area contributed by atoms with E-state index in [4.69, 9.17) is 0 Å². The van der Waals surface area contributed by atoms with Crippen molar-refractivity contribution in [3.8, 4) is 0 Å². The number of nitro groups is 1. The van der Waals surface area contributed by atoms with E-state index in [1.807, 2.05) is 24.3 Å². The van der Waals surface area contributed by atoms with Crippen molar-refractivity contribution in [3.05, 3.63) is 69.9 Å². The van der Waals surface area contributed by atoms with Gasteiger partial charge in [0.2, 0.25) is 5.91 Å². The van der Waals surface area contributed by atoms with Gasteiger partial charge in [0.1, 0.15) is 11.4 Å². The lowest BCUT2D eigenvalue weighted by atomic mass is 10.1. The van der Waals surface area contributed by atoms with E-state index < -0.39 is 16.7 Å². The Bertz CT molecular complexity index is 1350. The molecular weight excluding hydrogens is 452 g/mol. The summed E-state index contributed by atoms with van der Waals surface area (Å²) in [7, 11) is 0. The molecule has 3 amide bonds. The molecule has 11 heteroatoms. The fourth-order valence-electron chi connectivity index (χ4n) is 4.50. The third-order valence-electron chi connectivity index (χ3n) is 6.34. The van der Waals surface area contributed by atoms with Crippen LogP contribution in [0.5, 0.6) is 0 Å². The van der Waals surface area contributed by atoms with Crippen LogP contribution in [0.2, 0.25) is 0 Å². The third-order valence-corrected chi connectivity index (χ3v) is 6.34. The summed E-state index contributed by atoms with van der Waals surface area (Å²) in [5, 5.41) is 11.2. The van der Waals surface area contributed by atoms with E-state index in [1.54, 1.807) is 11.1 Å². The highest BCUT2D eigenvalue weighted by molar-refractivity contribution is 6.23. The van der Waals surface area contributed by atoms with Gasteiger partial charge in [-0.05, 0) is 24.6 Å². The highest BCUT2D eigenvalue weighted by Crippen LogP contribution is 2.30. The van der Waals surface area contributed by atoms with Gasteiger partial charge in [0.05, 0.1) is 27.7 Å². The number of piperazine rings is 1. The molecule has 3 aromatic rings. The van der Waals surface area contributed by atoms with Crippen molar-refractivity contribution in [2.24, 2.45) is 0 Å². The number of fused-ring (bicyclic) bond motifs is 2. The van der Waals surface area contributed by atoms with Crippen LogP contribution in [0.25, 0.3) is 11.0 Å². The van der Waals surface area contributed by atoms with E-state index >= 15 is 0 Å². The van der Waals surface area contributed by atoms with E-state index in [-0.39, 0.29) is 42.1 Å². The van der Waals surface area contributed by atoms with E-state index in [0.29, 0.717) is 26.2 Å². The number of para-hydroxylation sites is 2. The van der Waals surface area contributed by atoms with Gasteiger partial charge in [-0.15, -0.1) is 0 Å². The van der Waals surface area contributed by atoms with Crippen LogP contribution < -0.4 is 4.90 Å². The van der Waals surface area contributed by atoms with Crippen LogP contribution in [0.15, 0.2) is 48.7 Å². The number of hydrogen-bond acceptors (Lipinski definition) is 8. The Labute approximate surface area is 200 Å². The zero-order valence-corrected chi connectivity index (χ0v) is 18.8. The minimum Gasteiger partial charge on any atom is -0.352 e. The van der Waals surface area contributed by atoms with Gasteiger partial charge >= 0.3 is 0 Å². The Morgan fingerprint density at radius 3 is 2.46 bits per heavy atom. The fourth-order valence-corrected chi connectivity index (χ4v) is 4.50. The smallest absolute Gasteiger partial charge is 0.282 e. The number of nitro benzene ring substituents is 1. The SMILES string of the molecule is O=C(CCCN1C(=O)c2cccc([N+](=O)[O-])c2C1=O)N1CCN(c2cnc3ccccc3n2)CC1. The Morgan fingerprint density at radius 1 is 0.971 bits per heavy atom. The lowest BCUT2D eigenvalue weighted by molar-refractivity contribution is -0.385. The lowest BCUT2D eigenvalue weighted by Crippen LogP contribution is -2.49. The van der Waals surface area contributed by atoms with Crippen LogP contribution in [-0.4, -0.2) is 75.1 Å². The predicted octanol–water partition coefficient (Wildman–Crippen LogP) is 2.26. The molecule has 0 saturated carbocycles. The largest absolute Gasteiger partial charge is 0.352 e. The molecule has 0 unspecified atom stereocenters. The molecule has 2 aromatic carbocycles. The molecule has 2 aliphatic rings. The fraction of sp³-hybridized carbons (Fsp3) is 0.292. The molecule has 0 aliphatic carbocycles. The first kappa shape index (κ1) is 22.4. The maximum Gasteiger partial charge on any atom is 0.282 e. The first-order valence-electron chi connectivity index (χ1n) is 11.3. The van der Waals surface area contributed by atoms with Crippen molar-refractivity contribution in [1.82, 2.24) is 19.8 Å². The summed E-state index contributed by atoms with van der Waals surface area (Å²) in [5.41, 5.74) is 1.12. The monoisotopic (exact) mass is 474 g/mol. The van der Waals surface area contributed by atoms with E-state index in [1.165, 1.54) is 18.2 Å². The van der Waals surface area contributed by atoms with Gasteiger partial charge in [0, 0.05) is 45.2 Å². The Balaban J connectivity index is 1.14. The van der Waals surface area contributed by atoms with E-state index in [0.717, 1.165) is 21.8 Å². The van der Waals surface area contributed by atoms with Crippen LogP contribution in [0.1, 0.15) is 33.6 Å². The molecule has 1 fully saturated rings. The average molecular weight is 474 g/mol. The van der Waals surface area contributed by atoms with Crippen molar-refractivity contribution in [1.29, 1.82) is 0 Å². The molecular formula is C24H22N6O5. The van der Waals surface area contributed by atoms with Gasteiger partial charge in [-0.1, -0.05) is 18.2 Å². The predicted molar refractivity (Wildman–Crippen MR) is 126 cm³/mol. The summed E-state index contributed by atoms with van der Waals surface area (Å²) in [5.74, 6) is -0.534. The summed E-state index contributed by atoms with van der Waals surface area (Å²) < 4.78 is 0. The zero-order chi connectivity index (χ0) is 24.5. The van der Waals surface area contributed by atoms with Crippen LogP contribution in [-0.2, 0) is 4.79 Å². The average Bonchev–Trinajstić information content (AvgIpc) is 3.13. The summed E-state index contributed by atoms with van der Waals surface area (Å²) in [4.78, 5) is 62.5. The van der Waals surface area contributed by atoms with Crippen molar-refractivity contribution in [3.63, 3.8) is 0 Å². The van der Waals surface area contributed by atoms with Crippen LogP contribution >= 0.6 is 0 Å². The summed E-state index contributed by atoms with van der Waals surface area (Å²) in [6.45, 7) is 2.35. The molecule has 0 spiro atoms. The number of imide groups is 1. The van der Waals surface area contributed by atoms with Gasteiger partial charge in [-0.3, -0.25) is 34.4 Å². The molecule has 0 N–H and O–H groups in total. The van der Waals surface area contributed by atoms with Gasteiger partial charge < -0.3 is 9.80 Å². The number of rotatable bonds is 6. The minimum atomic E-state index is -0.685. The normalized spacial score (nSPS) is 15.6. The van der Waals surface area contributed by atoms with Gasteiger partial charge in [0.15, 0.2) is 0 Å². The highest BCUT2D eigenvalue weighted by Gasteiger charge is 2.40. The molecule has 35 heavy (non-hydrogen) atoms. The van der Waals surface area contributed by atoms with Crippen molar-refractivity contribution < 1.29 is 19.3 Å². The number of aromatic nitrogens is 2. The maximum atomic E-state index is 12.7. The molecule has 1 saturated heterocycles. The number of anilines is 1. The van der Waals surface area contributed by atoms with Crippen molar-refractivity contribution in [2.75, 3.05) is 37.6 Å². The summed E-state index contributed by atoms with van der Waals surface area (Å²) >= 11 is 0. The molecule has 3 heterocycles. The summed E-state index contributed by atoms with van der Waals surface area (Å²) in [6.07, 6.45) is 2.20. The Hall–Kier alpha value is -4.41.